The molecule has 2 amide bonds. The second-order valence-electron chi connectivity index (χ2n) is 8.86. The Kier molecular flexibility index (Phi) is 5.28. The molecule has 1 aliphatic carbocycles. The van der Waals surface area contributed by atoms with Gasteiger partial charge >= 0.3 is 0 Å². The maximum absolute atomic E-state index is 13.7. The Hall–Kier alpha value is -2.33. The molecule has 156 valence electrons. The number of nitrogens with zero attached hydrogens (tertiary/aromatic N) is 2. The van der Waals surface area contributed by atoms with Gasteiger partial charge in [0.15, 0.2) is 0 Å². The molecular formula is C25H27ClN2O2. The first-order chi connectivity index (χ1) is 14.6. The first kappa shape index (κ1) is 19.6. The van der Waals surface area contributed by atoms with Crippen molar-refractivity contribution in [2.45, 2.75) is 57.2 Å². The minimum Gasteiger partial charge on any atom is -0.336 e. The van der Waals surface area contributed by atoms with E-state index in [4.69, 9.17) is 11.6 Å². The third kappa shape index (κ3) is 3.51. The number of hydrogen-bond donors (Lipinski definition) is 0. The largest absolute Gasteiger partial charge is 0.336 e. The average molecular weight is 423 g/mol. The Balaban J connectivity index is 1.43. The summed E-state index contributed by atoms with van der Waals surface area (Å²) >= 11 is 6.16. The van der Waals surface area contributed by atoms with Crippen molar-refractivity contribution >= 4 is 23.4 Å². The van der Waals surface area contributed by atoms with E-state index in [2.05, 4.69) is 18.2 Å². The van der Waals surface area contributed by atoms with Crippen molar-refractivity contribution in [2.75, 3.05) is 6.54 Å². The van der Waals surface area contributed by atoms with Crippen LogP contribution < -0.4 is 0 Å². The molecule has 0 radical (unpaired) electrons. The van der Waals surface area contributed by atoms with E-state index < -0.39 is 0 Å². The van der Waals surface area contributed by atoms with E-state index in [9.17, 15) is 9.59 Å². The third-order valence-electron chi connectivity index (χ3n) is 7.12. The molecule has 30 heavy (non-hydrogen) atoms. The standard InChI is InChI=1S/C25H27ClN2O2/c26-21-10-5-9-19(14-21)24(29)28-22-11-4-3-7-18(22)15-23(28)25(30)27-13-12-17-6-1-2-8-20(17)16-27/h1-2,5-6,8-10,14,18,22-23H,3-4,7,11-13,15-16H2/t18-,22+,23+/m1/s1. The van der Waals surface area contributed by atoms with Crippen molar-refractivity contribution in [2.24, 2.45) is 5.92 Å². The summed E-state index contributed by atoms with van der Waals surface area (Å²) in [5.74, 6) is 0.477. The second-order valence-corrected chi connectivity index (χ2v) is 9.30. The maximum atomic E-state index is 13.7. The van der Waals surface area contributed by atoms with Gasteiger partial charge in [-0.1, -0.05) is 54.8 Å². The van der Waals surface area contributed by atoms with Crippen molar-refractivity contribution in [1.82, 2.24) is 9.80 Å². The summed E-state index contributed by atoms with van der Waals surface area (Å²) in [5, 5.41) is 0.552. The number of hydrogen-bond acceptors (Lipinski definition) is 2. The lowest BCUT2D eigenvalue weighted by atomic mass is 9.84. The molecule has 4 nitrogen and oxygen atoms in total. The van der Waals surface area contributed by atoms with Gasteiger partial charge in [-0.25, -0.2) is 0 Å². The van der Waals surface area contributed by atoms with Crippen LogP contribution in [0.4, 0.5) is 0 Å². The highest BCUT2D eigenvalue weighted by atomic mass is 35.5. The number of halogens is 1. The first-order valence-corrected chi connectivity index (χ1v) is 11.4. The number of amides is 2. The molecule has 1 saturated heterocycles. The van der Waals surface area contributed by atoms with Crippen molar-refractivity contribution in [3.05, 3.63) is 70.2 Å². The van der Waals surface area contributed by atoms with Gasteiger partial charge in [0, 0.05) is 29.7 Å². The third-order valence-corrected chi connectivity index (χ3v) is 7.36. The van der Waals surface area contributed by atoms with E-state index in [0.717, 1.165) is 38.6 Å². The van der Waals surface area contributed by atoms with Gasteiger partial charge < -0.3 is 9.80 Å². The fourth-order valence-electron chi connectivity index (χ4n) is 5.64. The molecule has 0 spiro atoms. The number of fused-ring (bicyclic) bond motifs is 2. The van der Waals surface area contributed by atoms with Crippen LogP contribution >= 0.6 is 11.6 Å². The summed E-state index contributed by atoms with van der Waals surface area (Å²) < 4.78 is 0. The van der Waals surface area contributed by atoms with E-state index in [1.54, 1.807) is 12.1 Å². The van der Waals surface area contributed by atoms with E-state index in [0.29, 0.717) is 23.0 Å². The zero-order valence-corrected chi connectivity index (χ0v) is 17.9. The van der Waals surface area contributed by atoms with E-state index in [-0.39, 0.29) is 23.9 Å². The van der Waals surface area contributed by atoms with Gasteiger partial charge in [-0.15, -0.1) is 0 Å². The zero-order chi connectivity index (χ0) is 20.7. The summed E-state index contributed by atoms with van der Waals surface area (Å²) in [6, 6.07) is 15.3. The predicted octanol–water partition coefficient (Wildman–Crippen LogP) is 4.70. The van der Waals surface area contributed by atoms with Crippen LogP contribution in [-0.4, -0.2) is 40.2 Å². The second kappa shape index (κ2) is 8.07. The average Bonchev–Trinajstić information content (AvgIpc) is 3.17. The topological polar surface area (TPSA) is 40.6 Å². The molecule has 2 fully saturated rings. The lowest BCUT2D eigenvalue weighted by Gasteiger charge is -2.36. The van der Waals surface area contributed by atoms with Gasteiger partial charge in [0.1, 0.15) is 6.04 Å². The first-order valence-electron chi connectivity index (χ1n) is 11.1. The minimum absolute atomic E-state index is 0.0531. The van der Waals surface area contributed by atoms with Gasteiger partial charge in [-0.05, 0) is 60.9 Å². The number of benzene rings is 2. The molecular weight excluding hydrogens is 396 g/mol. The van der Waals surface area contributed by atoms with Crippen LogP contribution in [0.2, 0.25) is 5.02 Å². The highest BCUT2D eigenvalue weighted by Gasteiger charge is 2.48. The molecule has 0 bridgehead atoms. The molecule has 0 unspecified atom stereocenters. The highest BCUT2D eigenvalue weighted by molar-refractivity contribution is 6.31. The van der Waals surface area contributed by atoms with Gasteiger partial charge in [0.05, 0.1) is 0 Å². The fraction of sp³-hybridized carbons (Fsp3) is 0.440. The quantitative estimate of drug-likeness (QED) is 0.703. The molecule has 5 heteroatoms. The molecule has 3 atom stereocenters. The van der Waals surface area contributed by atoms with Crippen LogP contribution in [0.5, 0.6) is 0 Å². The molecule has 2 heterocycles. The molecule has 0 aromatic heterocycles. The minimum atomic E-state index is -0.366. The van der Waals surface area contributed by atoms with Crippen LogP contribution in [0, 0.1) is 5.92 Å². The Bertz CT molecular complexity index is 975. The Morgan fingerprint density at radius 2 is 1.77 bits per heavy atom. The lowest BCUT2D eigenvalue weighted by molar-refractivity contribution is -0.136. The van der Waals surface area contributed by atoms with Crippen molar-refractivity contribution in [1.29, 1.82) is 0 Å². The van der Waals surface area contributed by atoms with Crippen LogP contribution in [0.1, 0.15) is 53.6 Å². The molecule has 2 aliphatic heterocycles. The molecule has 3 aliphatic rings. The summed E-state index contributed by atoms with van der Waals surface area (Å²) in [6.45, 7) is 1.36. The molecule has 0 N–H and O–H groups in total. The van der Waals surface area contributed by atoms with E-state index in [1.165, 1.54) is 17.5 Å². The number of carbonyl (C=O) groups is 2. The van der Waals surface area contributed by atoms with Crippen LogP contribution in [0.15, 0.2) is 48.5 Å². The fourth-order valence-corrected chi connectivity index (χ4v) is 5.83. The van der Waals surface area contributed by atoms with Crippen LogP contribution in [0.3, 0.4) is 0 Å². The zero-order valence-electron chi connectivity index (χ0n) is 17.1. The van der Waals surface area contributed by atoms with Crippen LogP contribution in [0.25, 0.3) is 0 Å². The number of carbonyl (C=O) groups excluding carboxylic acids is 2. The van der Waals surface area contributed by atoms with Gasteiger partial charge in [0.2, 0.25) is 5.91 Å². The summed E-state index contributed by atoms with van der Waals surface area (Å²) in [7, 11) is 0. The lowest BCUT2D eigenvalue weighted by Crippen LogP contribution is -2.51. The van der Waals surface area contributed by atoms with Crippen LogP contribution in [-0.2, 0) is 17.8 Å². The Labute approximate surface area is 182 Å². The van der Waals surface area contributed by atoms with Gasteiger partial charge in [0.25, 0.3) is 5.91 Å². The maximum Gasteiger partial charge on any atom is 0.254 e. The highest BCUT2D eigenvalue weighted by Crippen LogP contribution is 2.41. The van der Waals surface area contributed by atoms with Crippen molar-refractivity contribution < 1.29 is 9.59 Å². The van der Waals surface area contributed by atoms with Gasteiger partial charge in [-0.2, -0.15) is 0 Å². The summed E-state index contributed by atoms with van der Waals surface area (Å²) in [4.78, 5) is 31.1. The molecule has 2 aromatic rings. The normalized spacial score (nSPS) is 25.6. The molecule has 1 saturated carbocycles. The summed E-state index contributed by atoms with van der Waals surface area (Å²) in [6.07, 6.45) is 6.08. The SMILES string of the molecule is O=C([C@@H]1C[C@H]2CCCC[C@@H]2N1C(=O)c1cccc(Cl)c1)N1CCc2ccccc2C1. The Morgan fingerprint density at radius 3 is 2.60 bits per heavy atom. The summed E-state index contributed by atoms with van der Waals surface area (Å²) in [5.41, 5.74) is 3.13. The number of rotatable bonds is 2. The molecule has 2 aromatic carbocycles. The number of likely N-dealkylation sites (tertiary alicyclic amines) is 1. The molecule has 5 rings (SSSR count). The van der Waals surface area contributed by atoms with E-state index in [1.807, 2.05) is 28.0 Å². The smallest absolute Gasteiger partial charge is 0.254 e. The van der Waals surface area contributed by atoms with Crippen molar-refractivity contribution in [3.8, 4) is 0 Å². The van der Waals surface area contributed by atoms with Crippen molar-refractivity contribution in [3.63, 3.8) is 0 Å². The van der Waals surface area contributed by atoms with Gasteiger partial charge in [-0.3, -0.25) is 9.59 Å². The monoisotopic (exact) mass is 422 g/mol. The predicted molar refractivity (Wildman–Crippen MR) is 117 cm³/mol. The Morgan fingerprint density at radius 1 is 0.967 bits per heavy atom. The van der Waals surface area contributed by atoms with E-state index >= 15 is 0 Å².